The van der Waals surface area contributed by atoms with Crippen molar-refractivity contribution in [2.45, 2.75) is 20.2 Å². The van der Waals surface area contributed by atoms with Gasteiger partial charge in [0.05, 0.1) is 7.11 Å². The van der Waals surface area contributed by atoms with Gasteiger partial charge in [-0.2, -0.15) is 0 Å². The third-order valence-electron chi connectivity index (χ3n) is 3.97. The maximum absolute atomic E-state index is 5.67. The zero-order valence-corrected chi connectivity index (χ0v) is 19.0. The molecular weight excluding hydrogens is 480 g/mol. The van der Waals surface area contributed by atoms with Crippen LogP contribution in [0.3, 0.4) is 0 Å². The molecule has 1 aliphatic rings. The smallest absolute Gasteiger partial charge is 0.175 e. The van der Waals surface area contributed by atoms with E-state index in [1.165, 1.54) is 5.56 Å². The molecule has 1 aliphatic heterocycles. The molecule has 5 nitrogen and oxygen atoms in total. The van der Waals surface area contributed by atoms with Gasteiger partial charge in [-0.3, -0.25) is 0 Å². The van der Waals surface area contributed by atoms with E-state index < -0.39 is 0 Å². The van der Waals surface area contributed by atoms with E-state index in [2.05, 4.69) is 38.3 Å². The van der Waals surface area contributed by atoms with Gasteiger partial charge in [-0.1, -0.05) is 62.9 Å². The largest absolute Gasteiger partial charge is 0.497 e. The van der Waals surface area contributed by atoms with Gasteiger partial charge in [0.1, 0.15) is 19.0 Å². The van der Waals surface area contributed by atoms with Gasteiger partial charge in [0.25, 0.3) is 0 Å². The summed E-state index contributed by atoms with van der Waals surface area (Å²) in [5, 5.41) is 8.61. The molecule has 0 saturated heterocycles. The summed E-state index contributed by atoms with van der Waals surface area (Å²) in [6.07, 6.45) is 0. The molecule has 0 bridgehead atoms. The van der Waals surface area contributed by atoms with Crippen LogP contribution in [0.5, 0.6) is 17.2 Å². The van der Waals surface area contributed by atoms with Crippen LogP contribution in [0.15, 0.2) is 49.6 Å². The normalized spacial score (nSPS) is 12.8. The predicted octanol–water partition coefficient (Wildman–Crippen LogP) is 5.67. The van der Waals surface area contributed by atoms with Crippen LogP contribution in [0, 0.1) is 0 Å². The van der Waals surface area contributed by atoms with Gasteiger partial charge in [0.15, 0.2) is 20.2 Å². The number of rotatable bonds is 7. The van der Waals surface area contributed by atoms with E-state index >= 15 is 0 Å². The summed E-state index contributed by atoms with van der Waals surface area (Å²) in [5.41, 5.74) is 2.38. The van der Waals surface area contributed by atoms with Gasteiger partial charge in [-0.25, -0.2) is 0 Å². The maximum Gasteiger partial charge on any atom is 0.175 e. The number of aromatic nitrogens is 2. The fourth-order valence-electron chi connectivity index (χ4n) is 2.54. The van der Waals surface area contributed by atoms with E-state index in [1.807, 2.05) is 24.3 Å². The van der Waals surface area contributed by atoms with Crippen molar-refractivity contribution in [2.75, 3.05) is 20.3 Å². The number of nitrogens with zero attached hydrogens (tertiary/aromatic N) is 2. The minimum Gasteiger partial charge on any atom is -0.497 e. The highest BCUT2D eigenvalue weighted by atomic mass is 79.9. The quantitative estimate of drug-likeness (QED) is 0.390. The lowest BCUT2D eigenvalue weighted by Gasteiger charge is -2.19. The fourth-order valence-corrected chi connectivity index (χ4v) is 6.15. The van der Waals surface area contributed by atoms with Gasteiger partial charge < -0.3 is 14.2 Å². The Labute approximate surface area is 184 Å². The molecule has 0 radical (unpaired) electrons. The van der Waals surface area contributed by atoms with Crippen LogP contribution < -0.4 is 14.2 Å². The van der Waals surface area contributed by atoms with Gasteiger partial charge in [-0.15, -0.1) is 10.2 Å². The van der Waals surface area contributed by atoms with Crippen LogP contribution in [0.4, 0.5) is 0 Å². The van der Waals surface area contributed by atoms with Crippen LogP contribution in [0.1, 0.15) is 11.1 Å². The number of ether oxygens (including phenoxy) is 3. The zero-order valence-electron chi connectivity index (χ0n) is 15.0. The van der Waals surface area contributed by atoms with Gasteiger partial charge >= 0.3 is 0 Å². The van der Waals surface area contributed by atoms with E-state index in [0.717, 1.165) is 47.5 Å². The molecule has 0 N–H and O–H groups in total. The molecule has 0 spiro atoms. The van der Waals surface area contributed by atoms with Crippen molar-refractivity contribution in [2.24, 2.45) is 0 Å². The average molecular weight is 497 g/mol. The maximum atomic E-state index is 5.67. The fraction of sp³-hybridized carbons (Fsp3) is 0.263. The third-order valence-corrected chi connectivity index (χ3v) is 8.02. The lowest BCUT2D eigenvalue weighted by molar-refractivity contribution is 0.171. The molecule has 2 aromatic carbocycles. The number of thioether (sulfide) groups is 2. The van der Waals surface area contributed by atoms with Gasteiger partial charge in [0.2, 0.25) is 0 Å². The molecule has 0 amide bonds. The van der Waals surface area contributed by atoms with Crippen molar-refractivity contribution in [1.29, 1.82) is 0 Å². The number of fused-ring (bicyclic) bond motifs is 1. The Kier molecular flexibility index (Phi) is 6.66. The second-order valence-electron chi connectivity index (χ2n) is 5.85. The number of hydrogen-bond donors (Lipinski definition) is 0. The molecule has 0 aliphatic carbocycles. The number of methoxy groups -OCH3 is 1. The first-order chi connectivity index (χ1) is 13.7. The van der Waals surface area contributed by atoms with Crippen molar-refractivity contribution in [3.63, 3.8) is 0 Å². The minimum absolute atomic E-state index is 0.590. The third kappa shape index (κ3) is 4.94. The number of hydrogen-bond acceptors (Lipinski definition) is 8. The van der Waals surface area contributed by atoms with Crippen molar-refractivity contribution in [3.05, 3.63) is 52.0 Å². The summed E-state index contributed by atoms with van der Waals surface area (Å²) < 4.78 is 19.4. The van der Waals surface area contributed by atoms with E-state index in [1.54, 1.807) is 42.0 Å². The Morgan fingerprint density at radius 1 is 1.00 bits per heavy atom. The monoisotopic (exact) mass is 496 g/mol. The van der Waals surface area contributed by atoms with E-state index in [4.69, 9.17) is 14.2 Å². The zero-order chi connectivity index (χ0) is 19.3. The molecule has 2 heterocycles. The van der Waals surface area contributed by atoms with E-state index in [9.17, 15) is 0 Å². The van der Waals surface area contributed by atoms with Crippen molar-refractivity contribution in [1.82, 2.24) is 10.2 Å². The van der Waals surface area contributed by atoms with Crippen LogP contribution in [-0.2, 0) is 11.5 Å². The first kappa shape index (κ1) is 19.9. The average Bonchev–Trinajstić information content (AvgIpc) is 3.19. The minimum atomic E-state index is 0.590. The summed E-state index contributed by atoms with van der Waals surface area (Å²) in [6.45, 7) is 1.18. The summed E-state index contributed by atoms with van der Waals surface area (Å²) >= 11 is 8.61. The lowest BCUT2D eigenvalue weighted by Crippen LogP contribution is -2.15. The molecule has 1 aromatic heterocycles. The van der Waals surface area contributed by atoms with Crippen molar-refractivity contribution >= 4 is 50.8 Å². The summed E-state index contributed by atoms with van der Waals surface area (Å²) in [5.74, 6) is 4.11. The number of benzene rings is 2. The molecule has 146 valence electrons. The molecule has 9 heteroatoms. The van der Waals surface area contributed by atoms with Gasteiger partial charge in [-0.05, 0) is 35.4 Å². The first-order valence-corrected chi connectivity index (χ1v) is 12.1. The second kappa shape index (κ2) is 9.39. The summed E-state index contributed by atoms with van der Waals surface area (Å²) in [4.78, 5) is 0. The first-order valence-electron chi connectivity index (χ1n) is 8.51. The Hall–Kier alpha value is -1.42. The molecule has 28 heavy (non-hydrogen) atoms. The van der Waals surface area contributed by atoms with Crippen LogP contribution >= 0.6 is 50.8 Å². The second-order valence-corrected chi connectivity index (χ2v) is 10.1. The highest BCUT2D eigenvalue weighted by molar-refractivity contribution is 9.10. The summed E-state index contributed by atoms with van der Waals surface area (Å²) in [6, 6.07) is 12.1. The summed E-state index contributed by atoms with van der Waals surface area (Å²) in [7, 11) is 1.67. The van der Waals surface area contributed by atoms with Crippen molar-refractivity contribution < 1.29 is 14.2 Å². The van der Waals surface area contributed by atoms with Gasteiger partial charge in [0, 0.05) is 16.0 Å². The lowest BCUT2D eigenvalue weighted by atomic mass is 10.2. The topological polar surface area (TPSA) is 53.5 Å². The van der Waals surface area contributed by atoms with E-state index in [-0.39, 0.29) is 0 Å². The molecule has 0 saturated carbocycles. The molecule has 0 atom stereocenters. The van der Waals surface area contributed by atoms with Crippen LogP contribution in [0.25, 0.3) is 0 Å². The molecule has 4 rings (SSSR count). The van der Waals surface area contributed by atoms with Crippen LogP contribution in [0.2, 0.25) is 0 Å². The SMILES string of the molecule is COc1ccc(CSc2nnc(SCc3cc4c(cc3Br)OCCO4)s2)cc1. The molecule has 0 unspecified atom stereocenters. The highest BCUT2D eigenvalue weighted by Gasteiger charge is 2.15. The predicted molar refractivity (Wildman–Crippen MR) is 117 cm³/mol. The van der Waals surface area contributed by atoms with Crippen molar-refractivity contribution in [3.8, 4) is 17.2 Å². The molecule has 0 fully saturated rings. The number of halogens is 1. The Morgan fingerprint density at radius 2 is 1.64 bits per heavy atom. The standard InChI is InChI=1S/C19H17BrN2O3S3/c1-23-14-4-2-12(3-5-14)10-26-18-21-22-19(28-18)27-11-13-8-16-17(9-15(13)20)25-7-6-24-16/h2-5,8-9H,6-7,10-11H2,1H3. The Bertz CT molecular complexity index is 950. The van der Waals surface area contributed by atoms with E-state index in [0.29, 0.717) is 13.2 Å². The Balaban J connectivity index is 1.33. The highest BCUT2D eigenvalue weighted by Crippen LogP contribution is 2.39. The Morgan fingerprint density at radius 3 is 2.32 bits per heavy atom. The molecular formula is C19H17BrN2O3S3. The molecule has 3 aromatic rings. The van der Waals surface area contributed by atoms with Crippen LogP contribution in [-0.4, -0.2) is 30.5 Å².